The van der Waals surface area contributed by atoms with Crippen molar-refractivity contribution in [2.24, 2.45) is 0 Å². The number of para-hydroxylation sites is 2. The molecule has 0 unspecified atom stereocenters. The first-order valence-corrected chi connectivity index (χ1v) is 8.23. The fourth-order valence-electron chi connectivity index (χ4n) is 3.11. The second kappa shape index (κ2) is 6.59. The summed E-state index contributed by atoms with van der Waals surface area (Å²) in [5, 5.41) is 0. The van der Waals surface area contributed by atoms with Crippen molar-refractivity contribution in [2.45, 2.75) is 13.1 Å². The molecule has 1 aliphatic heterocycles. The first-order valence-electron chi connectivity index (χ1n) is 8.23. The van der Waals surface area contributed by atoms with Crippen molar-refractivity contribution in [3.63, 3.8) is 0 Å². The van der Waals surface area contributed by atoms with Crippen molar-refractivity contribution >= 4 is 11.0 Å². The van der Waals surface area contributed by atoms with Crippen LogP contribution in [0, 0.1) is 0 Å². The zero-order valence-electron chi connectivity index (χ0n) is 13.4. The van der Waals surface area contributed by atoms with Gasteiger partial charge in [0.25, 0.3) is 5.56 Å². The molecule has 6 heteroatoms. The number of nitrogens with one attached hydrogen (secondary N) is 1. The number of furan rings is 1. The topological polar surface area (TPSA) is 65.4 Å². The number of fused-ring (bicyclic) bond motifs is 1. The van der Waals surface area contributed by atoms with Crippen LogP contribution in [-0.4, -0.2) is 45.9 Å². The Morgan fingerprint density at radius 1 is 1.00 bits per heavy atom. The SMILES string of the molecule is O=c1[nH]c2ccccc2nc1CN1CCN(Cc2ccco2)CC1. The van der Waals surface area contributed by atoms with Gasteiger partial charge in [-0.15, -0.1) is 0 Å². The second-order valence-electron chi connectivity index (χ2n) is 6.16. The third-order valence-corrected chi connectivity index (χ3v) is 4.47. The van der Waals surface area contributed by atoms with Gasteiger partial charge in [-0.1, -0.05) is 12.1 Å². The average molecular weight is 324 g/mol. The first-order chi connectivity index (χ1) is 11.8. The van der Waals surface area contributed by atoms with Crippen molar-refractivity contribution in [2.75, 3.05) is 26.2 Å². The Morgan fingerprint density at radius 2 is 1.75 bits per heavy atom. The van der Waals surface area contributed by atoms with Crippen LogP contribution < -0.4 is 5.56 Å². The minimum atomic E-state index is -0.0910. The summed E-state index contributed by atoms with van der Waals surface area (Å²) in [5.74, 6) is 0.996. The molecule has 0 aliphatic carbocycles. The van der Waals surface area contributed by atoms with Crippen molar-refractivity contribution in [1.82, 2.24) is 19.8 Å². The minimum Gasteiger partial charge on any atom is -0.468 e. The molecule has 0 saturated carbocycles. The first kappa shape index (κ1) is 15.1. The lowest BCUT2D eigenvalue weighted by Crippen LogP contribution is -2.46. The molecule has 0 bridgehead atoms. The summed E-state index contributed by atoms with van der Waals surface area (Å²) in [6, 6.07) is 11.6. The van der Waals surface area contributed by atoms with E-state index in [0.29, 0.717) is 12.2 Å². The second-order valence-corrected chi connectivity index (χ2v) is 6.16. The number of hydrogen-bond donors (Lipinski definition) is 1. The number of aromatic nitrogens is 2. The van der Waals surface area contributed by atoms with E-state index in [1.54, 1.807) is 6.26 Å². The quantitative estimate of drug-likeness (QED) is 0.793. The highest BCUT2D eigenvalue weighted by Gasteiger charge is 2.19. The molecular formula is C18H20N4O2. The van der Waals surface area contributed by atoms with Crippen molar-refractivity contribution in [3.8, 4) is 0 Å². The van der Waals surface area contributed by atoms with Crippen molar-refractivity contribution in [3.05, 3.63) is 64.5 Å². The molecule has 0 amide bonds. The highest BCUT2D eigenvalue weighted by atomic mass is 16.3. The average Bonchev–Trinajstić information content (AvgIpc) is 3.10. The van der Waals surface area contributed by atoms with Crippen LogP contribution in [-0.2, 0) is 13.1 Å². The third kappa shape index (κ3) is 3.25. The molecule has 2 aromatic heterocycles. The molecule has 6 nitrogen and oxygen atoms in total. The molecule has 1 fully saturated rings. The molecule has 1 N–H and O–H groups in total. The van der Waals surface area contributed by atoms with E-state index in [-0.39, 0.29) is 5.56 Å². The van der Waals surface area contributed by atoms with Gasteiger partial charge in [0.2, 0.25) is 0 Å². The van der Waals surface area contributed by atoms with Crippen LogP contribution in [0.2, 0.25) is 0 Å². The zero-order chi connectivity index (χ0) is 16.4. The third-order valence-electron chi connectivity index (χ3n) is 4.47. The lowest BCUT2D eigenvalue weighted by atomic mass is 10.2. The van der Waals surface area contributed by atoms with Gasteiger partial charge >= 0.3 is 0 Å². The van der Waals surface area contributed by atoms with E-state index in [1.165, 1.54) is 0 Å². The predicted molar refractivity (Wildman–Crippen MR) is 91.6 cm³/mol. The van der Waals surface area contributed by atoms with Gasteiger partial charge in [0.15, 0.2) is 0 Å². The Bertz CT molecular complexity index is 864. The van der Waals surface area contributed by atoms with Crippen LogP contribution >= 0.6 is 0 Å². The zero-order valence-corrected chi connectivity index (χ0v) is 13.4. The van der Waals surface area contributed by atoms with E-state index < -0.39 is 0 Å². The van der Waals surface area contributed by atoms with E-state index in [2.05, 4.69) is 19.8 Å². The molecule has 1 saturated heterocycles. The summed E-state index contributed by atoms with van der Waals surface area (Å²) < 4.78 is 5.40. The van der Waals surface area contributed by atoms with E-state index in [9.17, 15) is 4.79 Å². The molecule has 0 radical (unpaired) electrons. The van der Waals surface area contributed by atoms with E-state index in [1.807, 2.05) is 36.4 Å². The van der Waals surface area contributed by atoms with Crippen molar-refractivity contribution < 1.29 is 4.42 Å². The van der Waals surface area contributed by atoms with Crippen LogP contribution in [0.5, 0.6) is 0 Å². The Hall–Kier alpha value is -2.44. The fourth-order valence-corrected chi connectivity index (χ4v) is 3.11. The van der Waals surface area contributed by atoms with Gasteiger partial charge < -0.3 is 9.40 Å². The van der Waals surface area contributed by atoms with Crippen LogP contribution in [0.4, 0.5) is 0 Å². The Balaban J connectivity index is 1.40. The van der Waals surface area contributed by atoms with Gasteiger partial charge in [-0.25, -0.2) is 4.98 Å². The van der Waals surface area contributed by atoms with Crippen LogP contribution in [0.25, 0.3) is 11.0 Å². The lowest BCUT2D eigenvalue weighted by Gasteiger charge is -2.33. The molecule has 0 atom stereocenters. The summed E-state index contributed by atoms with van der Waals surface area (Å²) in [4.78, 5) is 24.3. The summed E-state index contributed by atoms with van der Waals surface area (Å²) in [6.07, 6.45) is 1.71. The van der Waals surface area contributed by atoms with Gasteiger partial charge in [-0.3, -0.25) is 14.6 Å². The molecule has 4 rings (SSSR count). The smallest absolute Gasteiger partial charge is 0.271 e. The van der Waals surface area contributed by atoms with E-state index >= 15 is 0 Å². The maximum atomic E-state index is 12.2. The predicted octanol–water partition coefficient (Wildman–Crippen LogP) is 1.83. The Kier molecular flexibility index (Phi) is 4.15. The number of aromatic amines is 1. The molecule has 24 heavy (non-hydrogen) atoms. The highest BCUT2D eigenvalue weighted by Crippen LogP contribution is 2.11. The minimum absolute atomic E-state index is 0.0910. The number of benzene rings is 1. The Morgan fingerprint density at radius 3 is 2.50 bits per heavy atom. The molecule has 0 spiro atoms. The fraction of sp³-hybridized carbons (Fsp3) is 0.333. The summed E-state index contributed by atoms with van der Waals surface area (Å²) in [6.45, 7) is 5.21. The monoisotopic (exact) mass is 324 g/mol. The Labute approximate surface area is 139 Å². The van der Waals surface area contributed by atoms with Gasteiger partial charge in [-0.05, 0) is 24.3 Å². The largest absolute Gasteiger partial charge is 0.468 e. The van der Waals surface area contributed by atoms with Gasteiger partial charge in [-0.2, -0.15) is 0 Å². The normalized spacial score (nSPS) is 16.7. The molecule has 3 heterocycles. The number of nitrogens with zero attached hydrogens (tertiary/aromatic N) is 3. The summed E-state index contributed by atoms with van der Waals surface area (Å²) >= 11 is 0. The van der Waals surface area contributed by atoms with Gasteiger partial charge in [0.05, 0.1) is 23.8 Å². The molecule has 124 valence electrons. The van der Waals surface area contributed by atoms with Gasteiger partial charge in [0.1, 0.15) is 11.5 Å². The molecular weight excluding hydrogens is 304 g/mol. The molecule has 3 aromatic rings. The number of piperazine rings is 1. The van der Waals surface area contributed by atoms with Crippen LogP contribution in [0.1, 0.15) is 11.5 Å². The highest BCUT2D eigenvalue weighted by molar-refractivity contribution is 5.73. The standard InChI is InChI=1S/C18H20N4O2/c23-18-17(19-15-5-1-2-6-16(15)20-18)13-22-9-7-21(8-10-22)12-14-4-3-11-24-14/h1-6,11H,7-10,12-13H2,(H,20,23). The van der Waals surface area contributed by atoms with E-state index in [4.69, 9.17) is 4.42 Å². The number of hydrogen-bond acceptors (Lipinski definition) is 5. The van der Waals surface area contributed by atoms with Crippen molar-refractivity contribution in [1.29, 1.82) is 0 Å². The maximum absolute atomic E-state index is 12.2. The summed E-state index contributed by atoms with van der Waals surface area (Å²) in [7, 11) is 0. The lowest BCUT2D eigenvalue weighted by molar-refractivity contribution is 0.115. The number of H-pyrrole nitrogens is 1. The molecule has 1 aromatic carbocycles. The molecule has 1 aliphatic rings. The van der Waals surface area contributed by atoms with Crippen LogP contribution in [0.15, 0.2) is 51.9 Å². The van der Waals surface area contributed by atoms with E-state index in [0.717, 1.165) is 49.5 Å². The van der Waals surface area contributed by atoms with Gasteiger partial charge in [0, 0.05) is 32.7 Å². The maximum Gasteiger partial charge on any atom is 0.271 e. The number of rotatable bonds is 4. The summed E-state index contributed by atoms with van der Waals surface area (Å²) in [5.41, 5.74) is 2.12. The van der Waals surface area contributed by atoms with Crippen LogP contribution in [0.3, 0.4) is 0 Å².